The molecule has 3 N–H and O–H groups in total. The van der Waals surface area contributed by atoms with Crippen LogP contribution in [0, 0.1) is 5.82 Å². The number of nitrogens with one attached hydrogen (secondary N) is 1. The standard InChI is InChI=1S/C12H14FN3O2S/c1-16-8-10(6-9(16)7-14)19(17,18)15-12-5-3-2-4-11(12)13/h2-6,8,15H,7,14H2,1H3. The number of hydrogen-bond acceptors (Lipinski definition) is 3. The van der Waals surface area contributed by atoms with Gasteiger partial charge in [-0.3, -0.25) is 4.72 Å². The topological polar surface area (TPSA) is 77.1 Å². The van der Waals surface area contributed by atoms with E-state index in [1.165, 1.54) is 30.5 Å². The number of halogens is 1. The summed E-state index contributed by atoms with van der Waals surface area (Å²) < 4.78 is 41.5. The van der Waals surface area contributed by atoms with Gasteiger partial charge < -0.3 is 10.3 Å². The van der Waals surface area contributed by atoms with Crippen molar-refractivity contribution in [3.05, 3.63) is 48.0 Å². The smallest absolute Gasteiger partial charge is 0.263 e. The Morgan fingerprint density at radius 2 is 2.05 bits per heavy atom. The van der Waals surface area contributed by atoms with Gasteiger partial charge in [0.25, 0.3) is 10.0 Å². The monoisotopic (exact) mass is 283 g/mol. The molecule has 0 amide bonds. The van der Waals surface area contributed by atoms with Gasteiger partial charge in [-0.25, -0.2) is 12.8 Å². The van der Waals surface area contributed by atoms with Crippen LogP contribution < -0.4 is 10.5 Å². The Morgan fingerprint density at radius 1 is 1.37 bits per heavy atom. The van der Waals surface area contributed by atoms with Gasteiger partial charge in [0, 0.05) is 25.5 Å². The lowest BCUT2D eigenvalue weighted by molar-refractivity contribution is 0.598. The number of para-hydroxylation sites is 1. The van der Waals surface area contributed by atoms with Gasteiger partial charge in [-0.15, -0.1) is 0 Å². The van der Waals surface area contributed by atoms with Crippen molar-refractivity contribution in [2.75, 3.05) is 4.72 Å². The predicted octanol–water partition coefficient (Wildman–Crippen LogP) is 1.42. The van der Waals surface area contributed by atoms with Gasteiger partial charge in [0.05, 0.1) is 5.69 Å². The molecule has 0 aliphatic heterocycles. The van der Waals surface area contributed by atoms with Crippen LogP contribution in [0.15, 0.2) is 41.4 Å². The summed E-state index contributed by atoms with van der Waals surface area (Å²) >= 11 is 0. The summed E-state index contributed by atoms with van der Waals surface area (Å²) in [5.74, 6) is -0.624. The van der Waals surface area contributed by atoms with Crippen molar-refractivity contribution in [1.82, 2.24) is 4.57 Å². The summed E-state index contributed by atoms with van der Waals surface area (Å²) in [6.07, 6.45) is 1.44. The highest BCUT2D eigenvalue weighted by molar-refractivity contribution is 7.92. The second-order valence-corrected chi connectivity index (χ2v) is 5.75. The average Bonchev–Trinajstić information content (AvgIpc) is 2.74. The fraction of sp³-hybridized carbons (Fsp3) is 0.167. The SMILES string of the molecule is Cn1cc(S(=O)(=O)Nc2ccccc2F)cc1CN. The van der Waals surface area contributed by atoms with Gasteiger partial charge in [0.1, 0.15) is 10.7 Å². The first-order valence-corrected chi connectivity index (χ1v) is 7.05. The molecule has 0 bridgehead atoms. The van der Waals surface area contributed by atoms with E-state index in [1.54, 1.807) is 17.7 Å². The van der Waals surface area contributed by atoms with E-state index in [-0.39, 0.29) is 17.1 Å². The highest BCUT2D eigenvalue weighted by Crippen LogP contribution is 2.20. The Kier molecular flexibility index (Phi) is 3.59. The second kappa shape index (κ2) is 5.02. The number of sulfonamides is 1. The average molecular weight is 283 g/mol. The van der Waals surface area contributed by atoms with Crippen LogP contribution in [-0.2, 0) is 23.6 Å². The van der Waals surface area contributed by atoms with E-state index in [4.69, 9.17) is 5.73 Å². The van der Waals surface area contributed by atoms with E-state index < -0.39 is 15.8 Å². The maximum Gasteiger partial charge on any atom is 0.263 e. The van der Waals surface area contributed by atoms with E-state index >= 15 is 0 Å². The summed E-state index contributed by atoms with van der Waals surface area (Å²) in [5, 5.41) is 0. The van der Waals surface area contributed by atoms with Gasteiger partial charge >= 0.3 is 0 Å². The van der Waals surface area contributed by atoms with Gasteiger partial charge in [-0.1, -0.05) is 12.1 Å². The molecular formula is C12H14FN3O2S. The van der Waals surface area contributed by atoms with E-state index in [1.807, 2.05) is 0 Å². The van der Waals surface area contributed by atoms with Gasteiger partial charge in [0.2, 0.25) is 0 Å². The normalized spacial score (nSPS) is 11.5. The minimum atomic E-state index is -3.81. The third-order valence-corrected chi connectivity index (χ3v) is 4.05. The quantitative estimate of drug-likeness (QED) is 0.891. The Morgan fingerprint density at radius 3 is 2.63 bits per heavy atom. The molecular weight excluding hydrogens is 269 g/mol. The Labute approximate surface area is 110 Å². The predicted molar refractivity (Wildman–Crippen MR) is 70.5 cm³/mol. The van der Waals surface area contributed by atoms with Gasteiger partial charge in [0.15, 0.2) is 0 Å². The third-order valence-electron chi connectivity index (χ3n) is 2.72. The van der Waals surface area contributed by atoms with Gasteiger partial charge in [-0.05, 0) is 18.2 Å². The molecule has 102 valence electrons. The number of rotatable bonds is 4. The van der Waals surface area contributed by atoms with E-state index in [0.29, 0.717) is 5.69 Å². The summed E-state index contributed by atoms with van der Waals surface area (Å²) in [5.41, 5.74) is 6.08. The Balaban J connectivity index is 2.35. The lowest BCUT2D eigenvalue weighted by Gasteiger charge is -2.06. The van der Waals surface area contributed by atoms with Crippen molar-refractivity contribution in [3.63, 3.8) is 0 Å². The lowest BCUT2D eigenvalue weighted by atomic mass is 10.3. The summed E-state index contributed by atoms with van der Waals surface area (Å²) in [6.45, 7) is 0.228. The van der Waals surface area contributed by atoms with E-state index in [9.17, 15) is 12.8 Å². The Hall–Kier alpha value is -1.86. The number of benzene rings is 1. The van der Waals surface area contributed by atoms with Crippen LogP contribution in [0.5, 0.6) is 0 Å². The molecule has 2 rings (SSSR count). The fourth-order valence-electron chi connectivity index (χ4n) is 1.67. The van der Waals surface area contributed by atoms with E-state index in [2.05, 4.69) is 4.72 Å². The third kappa shape index (κ3) is 2.77. The summed E-state index contributed by atoms with van der Waals surface area (Å²) in [7, 11) is -2.12. The molecule has 0 atom stereocenters. The second-order valence-electron chi connectivity index (χ2n) is 4.07. The van der Waals surface area contributed by atoms with E-state index in [0.717, 1.165) is 0 Å². The molecule has 19 heavy (non-hydrogen) atoms. The Bertz CT molecular complexity index is 695. The zero-order chi connectivity index (χ0) is 14.0. The maximum absolute atomic E-state index is 13.4. The van der Waals surface area contributed by atoms with Crippen LogP contribution >= 0.6 is 0 Å². The zero-order valence-corrected chi connectivity index (χ0v) is 11.1. The molecule has 0 saturated heterocycles. The number of nitrogens with zero attached hydrogens (tertiary/aromatic N) is 1. The highest BCUT2D eigenvalue weighted by Gasteiger charge is 2.18. The fourth-order valence-corrected chi connectivity index (χ4v) is 2.84. The molecule has 1 heterocycles. The van der Waals surface area contributed by atoms with Crippen molar-refractivity contribution in [2.24, 2.45) is 12.8 Å². The molecule has 5 nitrogen and oxygen atoms in total. The number of anilines is 1. The molecule has 0 spiro atoms. The number of hydrogen-bond donors (Lipinski definition) is 2. The van der Waals surface area contributed by atoms with Crippen LogP contribution in [0.2, 0.25) is 0 Å². The molecule has 1 aromatic carbocycles. The highest BCUT2D eigenvalue weighted by atomic mass is 32.2. The molecule has 0 radical (unpaired) electrons. The largest absolute Gasteiger partial charge is 0.352 e. The van der Waals surface area contributed by atoms with Crippen molar-refractivity contribution in [3.8, 4) is 0 Å². The van der Waals surface area contributed by atoms with Crippen molar-refractivity contribution in [2.45, 2.75) is 11.4 Å². The van der Waals surface area contributed by atoms with Crippen molar-refractivity contribution < 1.29 is 12.8 Å². The van der Waals surface area contributed by atoms with Crippen LogP contribution in [0.25, 0.3) is 0 Å². The summed E-state index contributed by atoms with van der Waals surface area (Å²) in [6, 6.07) is 7.05. The first-order chi connectivity index (χ1) is 8.94. The molecule has 0 saturated carbocycles. The van der Waals surface area contributed by atoms with Crippen LogP contribution in [0.1, 0.15) is 5.69 Å². The van der Waals surface area contributed by atoms with Gasteiger partial charge in [-0.2, -0.15) is 0 Å². The first kappa shape index (κ1) is 13.6. The minimum absolute atomic E-state index is 0.0544. The van der Waals surface area contributed by atoms with Crippen molar-refractivity contribution >= 4 is 15.7 Å². The minimum Gasteiger partial charge on any atom is -0.352 e. The molecule has 0 aliphatic carbocycles. The molecule has 0 fully saturated rings. The number of aryl methyl sites for hydroxylation is 1. The lowest BCUT2D eigenvalue weighted by Crippen LogP contribution is -2.13. The molecule has 7 heteroatoms. The first-order valence-electron chi connectivity index (χ1n) is 5.56. The van der Waals surface area contributed by atoms with Crippen LogP contribution in [0.3, 0.4) is 0 Å². The summed E-state index contributed by atoms with van der Waals surface area (Å²) in [4.78, 5) is 0.0544. The number of aromatic nitrogens is 1. The van der Waals surface area contributed by atoms with Crippen LogP contribution in [-0.4, -0.2) is 13.0 Å². The molecule has 0 aliphatic rings. The molecule has 1 aromatic heterocycles. The number of nitrogens with two attached hydrogens (primary N) is 1. The van der Waals surface area contributed by atoms with Crippen LogP contribution in [0.4, 0.5) is 10.1 Å². The maximum atomic E-state index is 13.4. The van der Waals surface area contributed by atoms with Crippen molar-refractivity contribution in [1.29, 1.82) is 0 Å². The molecule has 0 unspecified atom stereocenters. The zero-order valence-electron chi connectivity index (χ0n) is 10.3. The molecule has 2 aromatic rings.